The molecule has 1 heterocycles. The maximum absolute atomic E-state index is 5.93. The van der Waals surface area contributed by atoms with E-state index in [1.165, 1.54) is 19.3 Å². The first-order chi connectivity index (χ1) is 6.18. The molecule has 1 saturated carbocycles. The lowest BCUT2D eigenvalue weighted by molar-refractivity contribution is 0.456. The van der Waals surface area contributed by atoms with E-state index in [0.29, 0.717) is 6.04 Å². The van der Waals surface area contributed by atoms with Crippen LogP contribution in [0.25, 0.3) is 0 Å². The van der Waals surface area contributed by atoms with Gasteiger partial charge in [0.05, 0.1) is 12.2 Å². The minimum Gasteiger partial charge on any atom is -0.384 e. The summed E-state index contributed by atoms with van der Waals surface area (Å²) in [5.41, 5.74) is 7.03. The highest BCUT2D eigenvalue weighted by molar-refractivity contribution is 5.37. The lowest BCUT2D eigenvalue weighted by Crippen LogP contribution is -2.10. The molecule has 1 aliphatic rings. The summed E-state index contributed by atoms with van der Waals surface area (Å²) in [5, 5.41) is 4.32. The Bertz CT molecular complexity index is 303. The molecular weight excluding hydrogens is 162 g/mol. The zero-order valence-corrected chi connectivity index (χ0v) is 8.33. The third-order valence-corrected chi connectivity index (χ3v) is 3.04. The SMILES string of the molecule is Cc1cnn(C2CCC(C)C2)c1N. The van der Waals surface area contributed by atoms with Crippen LogP contribution in [0.3, 0.4) is 0 Å². The Balaban J connectivity index is 2.21. The van der Waals surface area contributed by atoms with Crippen LogP contribution in [0.1, 0.15) is 37.8 Å². The van der Waals surface area contributed by atoms with E-state index in [9.17, 15) is 0 Å². The minimum atomic E-state index is 0.545. The van der Waals surface area contributed by atoms with E-state index in [-0.39, 0.29) is 0 Å². The van der Waals surface area contributed by atoms with Crippen molar-refractivity contribution >= 4 is 5.82 Å². The van der Waals surface area contributed by atoms with Gasteiger partial charge in [-0.3, -0.25) is 0 Å². The van der Waals surface area contributed by atoms with Crippen molar-refractivity contribution in [2.75, 3.05) is 5.73 Å². The molecule has 1 aromatic rings. The first-order valence-corrected chi connectivity index (χ1v) is 4.98. The third kappa shape index (κ3) is 1.43. The molecule has 1 fully saturated rings. The van der Waals surface area contributed by atoms with Gasteiger partial charge in [-0.25, -0.2) is 4.68 Å². The number of nitrogen functional groups attached to an aromatic ring is 1. The molecule has 1 aromatic heterocycles. The normalized spacial score (nSPS) is 28.2. The molecule has 2 atom stereocenters. The fourth-order valence-electron chi connectivity index (χ4n) is 2.15. The van der Waals surface area contributed by atoms with Crippen molar-refractivity contribution in [3.63, 3.8) is 0 Å². The smallest absolute Gasteiger partial charge is 0.124 e. The van der Waals surface area contributed by atoms with Crippen LogP contribution in [0.4, 0.5) is 5.82 Å². The molecule has 0 radical (unpaired) electrons. The molecule has 2 N–H and O–H groups in total. The van der Waals surface area contributed by atoms with E-state index >= 15 is 0 Å². The predicted molar refractivity (Wildman–Crippen MR) is 53.4 cm³/mol. The second-order valence-electron chi connectivity index (χ2n) is 4.23. The summed E-state index contributed by atoms with van der Waals surface area (Å²) in [6.07, 6.45) is 5.62. The van der Waals surface area contributed by atoms with Crippen LogP contribution >= 0.6 is 0 Å². The van der Waals surface area contributed by atoms with Gasteiger partial charge in [0, 0.05) is 5.56 Å². The van der Waals surface area contributed by atoms with E-state index in [1.54, 1.807) is 0 Å². The highest BCUT2D eigenvalue weighted by atomic mass is 15.3. The number of nitrogens with zero attached hydrogens (tertiary/aromatic N) is 2. The molecular formula is C10H17N3. The number of aromatic nitrogens is 2. The van der Waals surface area contributed by atoms with E-state index in [4.69, 9.17) is 5.73 Å². The summed E-state index contributed by atoms with van der Waals surface area (Å²) < 4.78 is 2.00. The number of hydrogen-bond acceptors (Lipinski definition) is 2. The Labute approximate surface area is 78.9 Å². The Morgan fingerprint density at radius 3 is 2.77 bits per heavy atom. The Hall–Kier alpha value is -0.990. The number of nitrogens with two attached hydrogens (primary N) is 1. The number of rotatable bonds is 1. The molecule has 0 bridgehead atoms. The van der Waals surface area contributed by atoms with Crippen molar-refractivity contribution in [1.29, 1.82) is 0 Å². The topological polar surface area (TPSA) is 43.8 Å². The standard InChI is InChI=1S/C10H17N3/c1-7-3-4-9(5-7)13-10(11)8(2)6-12-13/h6-7,9H,3-5,11H2,1-2H3. The van der Waals surface area contributed by atoms with E-state index in [1.807, 2.05) is 17.8 Å². The molecule has 0 amide bonds. The molecule has 0 spiro atoms. The van der Waals surface area contributed by atoms with Gasteiger partial charge in [-0.1, -0.05) is 6.92 Å². The zero-order valence-electron chi connectivity index (χ0n) is 8.33. The molecule has 1 aliphatic carbocycles. The second-order valence-corrected chi connectivity index (χ2v) is 4.23. The van der Waals surface area contributed by atoms with Gasteiger partial charge in [-0.15, -0.1) is 0 Å². The Kier molecular flexibility index (Phi) is 2.02. The Morgan fingerprint density at radius 1 is 1.54 bits per heavy atom. The summed E-state index contributed by atoms with van der Waals surface area (Å²) >= 11 is 0. The first kappa shape index (κ1) is 8.60. The van der Waals surface area contributed by atoms with Gasteiger partial charge in [-0.05, 0) is 32.1 Å². The number of hydrogen-bond donors (Lipinski definition) is 1. The van der Waals surface area contributed by atoms with Crippen LogP contribution in [0.15, 0.2) is 6.20 Å². The van der Waals surface area contributed by atoms with Crippen LogP contribution in [-0.2, 0) is 0 Å². The fraction of sp³-hybridized carbons (Fsp3) is 0.700. The molecule has 13 heavy (non-hydrogen) atoms. The predicted octanol–water partition coefficient (Wildman–Crippen LogP) is 2.13. The molecule has 3 nitrogen and oxygen atoms in total. The van der Waals surface area contributed by atoms with Crippen molar-refractivity contribution in [2.45, 2.75) is 39.2 Å². The van der Waals surface area contributed by atoms with Gasteiger partial charge in [0.2, 0.25) is 0 Å². The maximum atomic E-state index is 5.93. The minimum absolute atomic E-state index is 0.545. The summed E-state index contributed by atoms with van der Waals surface area (Å²) in [5.74, 6) is 1.67. The zero-order chi connectivity index (χ0) is 9.42. The van der Waals surface area contributed by atoms with Crippen molar-refractivity contribution < 1.29 is 0 Å². The fourth-order valence-corrected chi connectivity index (χ4v) is 2.15. The van der Waals surface area contributed by atoms with Crippen LogP contribution in [0.2, 0.25) is 0 Å². The first-order valence-electron chi connectivity index (χ1n) is 4.98. The second kappa shape index (κ2) is 3.05. The monoisotopic (exact) mass is 179 g/mol. The van der Waals surface area contributed by atoms with Gasteiger partial charge < -0.3 is 5.73 Å². The van der Waals surface area contributed by atoms with Crippen LogP contribution in [-0.4, -0.2) is 9.78 Å². The molecule has 2 unspecified atom stereocenters. The number of anilines is 1. The van der Waals surface area contributed by atoms with Gasteiger partial charge >= 0.3 is 0 Å². The van der Waals surface area contributed by atoms with Gasteiger partial charge in [0.1, 0.15) is 5.82 Å². The van der Waals surface area contributed by atoms with Crippen molar-refractivity contribution in [3.05, 3.63) is 11.8 Å². The van der Waals surface area contributed by atoms with Crippen molar-refractivity contribution in [1.82, 2.24) is 9.78 Å². The van der Waals surface area contributed by atoms with Crippen LogP contribution in [0, 0.1) is 12.8 Å². The molecule has 2 rings (SSSR count). The van der Waals surface area contributed by atoms with Gasteiger partial charge in [0.15, 0.2) is 0 Å². The summed E-state index contributed by atoms with van der Waals surface area (Å²) in [7, 11) is 0. The van der Waals surface area contributed by atoms with Gasteiger partial charge in [0.25, 0.3) is 0 Å². The van der Waals surface area contributed by atoms with Crippen molar-refractivity contribution in [3.8, 4) is 0 Å². The van der Waals surface area contributed by atoms with E-state index in [0.717, 1.165) is 17.3 Å². The van der Waals surface area contributed by atoms with Gasteiger partial charge in [-0.2, -0.15) is 5.10 Å². The van der Waals surface area contributed by atoms with Crippen molar-refractivity contribution in [2.24, 2.45) is 5.92 Å². The van der Waals surface area contributed by atoms with Crippen LogP contribution in [0.5, 0.6) is 0 Å². The summed E-state index contributed by atoms with van der Waals surface area (Å²) in [6, 6.07) is 0.545. The van der Waals surface area contributed by atoms with E-state index in [2.05, 4.69) is 12.0 Å². The highest BCUT2D eigenvalue weighted by Gasteiger charge is 2.24. The number of aryl methyl sites for hydroxylation is 1. The molecule has 72 valence electrons. The average molecular weight is 179 g/mol. The molecule has 0 aliphatic heterocycles. The lowest BCUT2D eigenvalue weighted by atomic mass is 10.1. The molecule has 0 saturated heterocycles. The highest BCUT2D eigenvalue weighted by Crippen LogP contribution is 2.35. The Morgan fingerprint density at radius 2 is 2.31 bits per heavy atom. The lowest BCUT2D eigenvalue weighted by Gasteiger charge is -2.12. The van der Waals surface area contributed by atoms with Crippen LogP contribution < -0.4 is 5.73 Å². The maximum Gasteiger partial charge on any atom is 0.124 e. The third-order valence-electron chi connectivity index (χ3n) is 3.04. The largest absolute Gasteiger partial charge is 0.384 e. The molecule has 0 aromatic carbocycles. The summed E-state index contributed by atoms with van der Waals surface area (Å²) in [4.78, 5) is 0. The van der Waals surface area contributed by atoms with E-state index < -0.39 is 0 Å². The quantitative estimate of drug-likeness (QED) is 0.717. The molecule has 3 heteroatoms. The average Bonchev–Trinajstić information content (AvgIpc) is 2.62. The summed E-state index contributed by atoms with van der Waals surface area (Å²) in [6.45, 7) is 4.31.